The van der Waals surface area contributed by atoms with E-state index in [1.54, 1.807) is 0 Å². The molecule has 0 fully saturated rings. The molecule has 0 radical (unpaired) electrons. The molecular formula is C52H32N4O. The van der Waals surface area contributed by atoms with Crippen LogP contribution < -0.4 is 0 Å². The SMILES string of the molecule is c1ccc(-c2nc(-c3cc(-n4c5ccccc5c5ccccc54)cc4c3oc3cccc(-c5ccccc5)c34)nc(C3c4ccccc4-c4ccccc43)n2)cc1. The molecule has 57 heavy (non-hydrogen) atoms. The summed E-state index contributed by atoms with van der Waals surface area (Å²) in [7, 11) is 0. The molecule has 0 aliphatic heterocycles. The molecule has 1 aliphatic carbocycles. The van der Waals surface area contributed by atoms with Gasteiger partial charge in [-0.25, -0.2) is 15.0 Å². The average molecular weight is 729 g/mol. The number of hydrogen-bond acceptors (Lipinski definition) is 4. The van der Waals surface area contributed by atoms with E-state index in [0.29, 0.717) is 17.5 Å². The number of hydrogen-bond donors (Lipinski definition) is 0. The molecule has 0 N–H and O–H groups in total. The molecule has 266 valence electrons. The maximum Gasteiger partial charge on any atom is 0.167 e. The van der Waals surface area contributed by atoms with Crippen LogP contribution >= 0.6 is 0 Å². The molecule has 11 aromatic rings. The van der Waals surface area contributed by atoms with Crippen molar-refractivity contribution in [2.75, 3.05) is 0 Å². The lowest BCUT2D eigenvalue weighted by atomic mass is 9.95. The number of furan rings is 1. The van der Waals surface area contributed by atoms with Gasteiger partial charge in [0.1, 0.15) is 17.0 Å². The lowest BCUT2D eigenvalue weighted by molar-refractivity contribution is 0.669. The first kappa shape index (κ1) is 31.7. The molecule has 3 aromatic heterocycles. The fourth-order valence-corrected chi connectivity index (χ4v) is 9.06. The molecule has 8 aromatic carbocycles. The minimum Gasteiger partial charge on any atom is -0.455 e. The Hall–Kier alpha value is -7.63. The summed E-state index contributed by atoms with van der Waals surface area (Å²) in [6.45, 7) is 0. The van der Waals surface area contributed by atoms with E-state index in [1.165, 1.54) is 33.0 Å². The number of para-hydroxylation sites is 2. The van der Waals surface area contributed by atoms with Crippen molar-refractivity contribution in [2.24, 2.45) is 0 Å². The predicted octanol–water partition coefficient (Wildman–Crippen LogP) is 13.0. The van der Waals surface area contributed by atoms with Gasteiger partial charge >= 0.3 is 0 Å². The van der Waals surface area contributed by atoms with Crippen LogP contribution in [0.3, 0.4) is 0 Å². The second-order valence-electron chi connectivity index (χ2n) is 14.7. The molecule has 0 bridgehead atoms. The first-order chi connectivity index (χ1) is 28.3. The normalized spacial score (nSPS) is 12.5. The predicted molar refractivity (Wildman–Crippen MR) is 231 cm³/mol. The minimum absolute atomic E-state index is 0.169. The molecule has 1 aliphatic rings. The molecule has 12 rings (SSSR count). The van der Waals surface area contributed by atoms with E-state index in [2.05, 4.69) is 174 Å². The first-order valence-electron chi connectivity index (χ1n) is 19.3. The number of rotatable bonds is 5. The van der Waals surface area contributed by atoms with Crippen molar-refractivity contribution in [2.45, 2.75) is 5.92 Å². The highest BCUT2D eigenvalue weighted by molar-refractivity contribution is 6.16. The van der Waals surface area contributed by atoms with Gasteiger partial charge in [0.2, 0.25) is 0 Å². The van der Waals surface area contributed by atoms with Gasteiger partial charge in [-0.2, -0.15) is 0 Å². The third kappa shape index (κ3) is 4.85. The van der Waals surface area contributed by atoms with Crippen molar-refractivity contribution in [3.8, 4) is 50.7 Å². The lowest BCUT2D eigenvalue weighted by Gasteiger charge is -2.16. The Kier molecular flexibility index (Phi) is 6.92. The van der Waals surface area contributed by atoms with E-state index in [9.17, 15) is 0 Å². The van der Waals surface area contributed by atoms with Gasteiger partial charge < -0.3 is 8.98 Å². The Morgan fingerprint density at radius 3 is 1.67 bits per heavy atom. The molecule has 0 saturated heterocycles. The van der Waals surface area contributed by atoms with Gasteiger partial charge in [0, 0.05) is 32.8 Å². The number of benzene rings is 8. The zero-order chi connectivity index (χ0) is 37.5. The first-order valence-corrected chi connectivity index (χ1v) is 19.3. The van der Waals surface area contributed by atoms with Crippen molar-refractivity contribution < 1.29 is 4.42 Å². The largest absolute Gasteiger partial charge is 0.455 e. The second-order valence-corrected chi connectivity index (χ2v) is 14.7. The van der Waals surface area contributed by atoms with Gasteiger partial charge in [-0.05, 0) is 63.7 Å². The summed E-state index contributed by atoms with van der Waals surface area (Å²) in [4.78, 5) is 16.1. The fourth-order valence-electron chi connectivity index (χ4n) is 9.06. The zero-order valence-electron chi connectivity index (χ0n) is 30.7. The van der Waals surface area contributed by atoms with Crippen LogP contribution in [0.25, 0.3) is 94.5 Å². The van der Waals surface area contributed by atoms with E-state index in [0.717, 1.165) is 60.9 Å². The molecule has 3 heterocycles. The monoisotopic (exact) mass is 728 g/mol. The van der Waals surface area contributed by atoms with Gasteiger partial charge in [0.25, 0.3) is 0 Å². The Labute approximate surface area is 328 Å². The smallest absolute Gasteiger partial charge is 0.167 e. The molecule has 0 saturated carbocycles. The summed E-state index contributed by atoms with van der Waals surface area (Å²) in [5.74, 6) is 1.72. The number of nitrogens with zero attached hydrogens (tertiary/aromatic N) is 4. The second kappa shape index (κ2) is 12.4. The van der Waals surface area contributed by atoms with E-state index in [1.807, 2.05) is 18.2 Å². The number of aromatic nitrogens is 4. The summed E-state index contributed by atoms with van der Waals surface area (Å²) in [5, 5.41) is 4.45. The summed E-state index contributed by atoms with van der Waals surface area (Å²) in [6.07, 6.45) is 0. The third-order valence-corrected chi connectivity index (χ3v) is 11.5. The van der Waals surface area contributed by atoms with Crippen LogP contribution in [0.15, 0.2) is 192 Å². The van der Waals surface area contributed by atoms with Gasteiger partial charge in [0.15, 0.2) is 11.6 Å². The van der Waals surface area contributed by atoms with Crippen molar-refractivity contribution in [3.05, 3.63) is 205 Å². The molecule has 0 amide bonds. The van der Waals surface area contributed by atoms with Crippen molar-refractivity contribution in [3.63, 3.8) is 0 Å². The Morgan fingerprint density at radius 2 is 0.982 bits per heavy atom. The van der Waals surface area contributed by atoms with Crippen LogP contribution in [0, 0.1) is 0 Å². The Morgan fingerprint density at radius 1 is 0.421 bits per heavy atom. The maximum absolute atomic E-state index is 6.96. The standard InChI is InChI=1S/C52H32N4O/c1-3-16-32(17-4-1)35-26-15-29-46-47(35)42-30-34(56-44-27-13-11-22-38(44)39-23-12-14-28-45(39)56)31-43(49(42)57-46)51-53-50(33-18-5-2-6-19-33)54-52(55-51)48-40-24-9-7-20-36(40)37-21-8-10-25-41(37)48/h1-31,48H. The van der Waals surface area contributed by atoms with Crippen LogP contribution in [0.1, 0.15) is 22.9 Å². The summed E-state index contributed by atoms with van der Waals surface area (Å²) in [5.41, 5.74) is 13.6. The van der Waals surface area contributed by atoms with Crippen molar-refractivity contribution >= 4 is 43.7 Å². The topological polar surface area (TPSA) is 56.7 Å². The van der Waals surface area contributed by atoms with Gasteiger partial charge in [0.05, 0.1) is 22.5 Å². The van der Waals surface area contributed by atoms with Crippen LogP contribution in [0.2, 0.25) is 0 Å². The van der Waals surface area contributed by atoms with Crippen LogP contribution in [0.5, 0.6) is 0 Å². The van der Waals surface area contributed by atoms with Crippen molar-refractivity contribution in [1.29, 1.82) is 0 Å². The molecule has 0 unspecified atom stereocenters. The van der Waals surface area contributed by atoms with Crippen molar-refractivity contribution in [1.82, 2.24) is 19.5 Å². The summed E-state index contributed by atoms with van der Waals surface area (Å²) >= 11 is 0. The van der Waals surface area contributed by atoms with E-state index in [-0.39, 0.29) is 5.92 Å². The highest BCUT2D eigenvalue weighted by Crippen LogP contribution is 2.48. The zero-order valence-corrected chi connectivity index (χ0v) is 30.7. The lowest BCUT2D eigenvalue weighted by Crippen LogP contribution is -2.09. The summed E-state index contributed by atoms with van der Waals surface area (Å²) in [6, 6.07) is 66.1. The van der Waals surface area contributed by atoms with Crippen LogP contribution in [-0.2, 0) is 0 Å². The molecular weight excluding hydrogens is 697 g/mol. The molecule has 0 atom stereocenters. The highest BCUT2D eigenvalue weighted by atomic mass is 16.3. The molecule has 0 spiro atoms. The molecule has 5 nitrogen and oxygen atoms in total. The average Bonchev–Trinajstić information content (AvgIpc) is 3.94. The Balaban J connectivity index is 1.20. The van der Waals surface area contributed by atoms with Gasteiger partial charge in [-0.15, -0.1) is 0 Å². The van der Waals surface area contributed by atoms with E-state index < -0.39 is 0 Å². The summed E-state index contributed by atoms with van der Waals surface area (Å²) < 4.78 is 9.32. The highest BCUT2D eigenvalue weighted by Gasteiger charge is 2.33. The number of fused-ring (bicyclic) bond motifs is 9. The van der Waals surface area contributed by atoms with Gasteiger partial charge in [-0.3, -0.25) is 0 Å². The van der Waals surface area contributed by atoms with E-state index >= 15 is 0 Å². The fraction of sp³-hybridized carbons (Fsp3) is 0.0192. The maximum atomic E-state index is 6.96. The minimum atomic E-state index is -0.169. The van der Waals surface area contributed by atoms with Gasteiger partial charge in [-0.1, -0.05) is 158 Å². The quantitative estimate of drug-likeness (QED) is 0.177. The third-order valence-electron chi connectivity index (χ3n) is 11.5. The van der Waals surface area contributed by atoms with Crippen LogP contribution in [-0.4, -0.2) is 19.5 Å². The van der Waals surface area contributed by atoms with Crippen LogP contribution in [0.4, 0.5) is 0 Å². The van der Waals surface area contributed by atoms with E-state index in [4.69, 9.17) is 19.4 Å². The Bertz CT molecular complexity index is 3260. The molecule has 5 heteroatoms.